The molecule has 2 aromatic carbocycles. The number of sulfonamides is 1. The molecule has 8 nitrogen and oxygen atoms in total. The van der Waals surface area contributed by atoms with Gasteiger partial charge in [-0.2, -0.15) is 4.31 Å². The smallest absolute Gasteiger partial charge is 0.309 e. The first kappa shape index (κ1) is 20.2. The van der Waals surface area contributed by atoms with Gasteiger partial charge < -0.3 is 9.73 Å². The molecular formula is C20H19FN4O4S. The average molecular weight is 430 g/mol. The van der Waals surface area contributed by atoms with E-state index >= 15 is 0 Å². The van der Waals surface area contributed by atoms with Gasteiger partial charge in [-0.3, -0.25) is 4.79 Å². The fourth-order valence-electron chi connectivity index (χ4n) is 3.14. The van der Waals surface area contributed by atoms with Gasteiger partial charge in [0, 0.05) is 25.2 Å². The van der Waals surface area contributed by atoms with E-state index in [-0.39, 0.29) is 29.0 Å². The molecule has 1 N–H and O–H groups in total. The number of hydrogen-bond acceptors (Lipinski definition) is 6. The van der Waals surface area contributed by atoms with Gasteiger partial charge in [0.1, 0.15) is 5.82 Å². The van der Waals surface area contributed by atoms with E-state index in [1.807, 2.05) is 0 Å². The highest BCUT2D eigenvalue weighted by molar-refractivity contribution is 7.89. The molecule has 0 spiro atoms. The van der Waals surface area contributed by atoms with Crippen LogP contribution in [0.5, 0.6) is 0 Å². The highest BCUT2D eigenvalue weighted by atomic mass is 32.2. The molecule has 1 saturated heterocycles. The van der Waals surface area contributed by atoms with E-state index in [0.29, 0.717) is 18.7 Å². The minimum absolute atomic E-state index is 0.104. The summed E-state index contributed by atoms with van der Waals surface area (Å²) in [6.07, 6.45) is 1.73. The van der Waals surface area contributed by atoms with Crippen molar-refractivity contribution in [3.8, 4) is 11.5 Å². The quantitative estimate of drug-likeness (QED) is 0.644. The normalized spacial score (nSPS) is 14.7. The number of benzene rings is 2. The largest absolute Gasteiger partial charge is 0.412 e. The fourth-order valence-corrected chi connectivity index (χ4v) is 4.66. The lowest BCUT2D eigenvalue weighted by atomic mass is 10.2. The summed E-state index contributed by atoms with van der Waals surface area (Å²) in [4.78, 5) is 12.4. The van der Waals surface area contributed by atoms with Crippen LogP contribution in [0.1, 0.15) is 29.1 Å². The number of amides is 1. The molecule has 1 amide bonds. The molecule has 0 atom stereocenters. The van der Waals surface area contributed by atoms with E-state index in [2.05, 4.69) is 15.5 Å². The first-order chi connectivity index (χ1) is 14.4. The van der Waals surface area contributed by atoms with Gasteiger partial charge in [-0.25, -0.2) is 12.8 Å². The Balaban J connectivity index is 1.43. The Labute approximate surface area is 172 Å². The number of carbonyl (C=O) groups excluding carboxylic acids is 1. The summed E-state index contributed by atoms with van der Waals surface area (Å²) < 4.78 is 45.0. The van der Waals surface area contributed by atoms with Crippen molar-refractivity contribution in [3.63, 3.8) is 0 Å². The van der Waals surface area contributed by atoms with Crippen LogP contribution in [0.3, 0.4) is 0 Å². The summed E-state index contributed by atoms with van der Waals surface area (Å²) in [6, 6.07) is 11.8. The van der Waals surface area contributed by atoms with E-state index in [0.717, 1.165) is 18.4 Å². The van der Waals surface area contributed by atoms with Crippen LogP contribution in [0, 0.1) is 5.82 Å². The molecule has 1 aromatic heterocycles. The van der Waals surface area contributed by atoms with Crippen LogP contribution in [-0.2, 0) is 16.6 Å². The Kier molecular flexibility index (Phi) is 5.60. The number of rotatable bonds is 6. The Morgan fingerprint density at radius 1 is 1.03 bits per heavy atom. The van der Waals surface area contributed by atoms with Crippen molar-refractivity contribution in [3.05, 3.63) is 65.8 Å². The van der Waals surface area contributed by atoms with Gasteiger partial charge in [0.15, 0.2) is 0 Å². The first-order valence-electron chi connectivity index (χ1n) is 9.40. The fraction of sp³-hybridized carbons (Fsp3) is 0.250. The molecule has 0 radical (unpaired) electrons. The molecule has 0 bridgehead atoms. The second kappa shape index (κ2) is 8.33. The maximum atomic E-state index is 12.9. The summed E-state index contributed by atoms with van der Waals surface area (Å²) in [5.74, 6) is -1.04. The SMILES string of the molecule is O=C(NCc1ccc(F)cc1)c1nnc(-c2ccc(S(=O)(=O)N3CCCC3)cc2)o1. The van der Waals surface area contributed by atoms with Crippen molar-refractivity contribution in [1.29, 1.82) is 0 Å². The lowest BCUT2D eigenvalue weighted by Gasteiger charge is -2.15. The third-order valence-corrected chi connectivity index (χ3v) is 6.70. The minimum atomic E-state index is -3.50. The Morgan fingerprint density at radius 2 is 1.70 bits per heavy atom. The highest BCUT2D eigenvalue weighted by Gasteiger charge is 2.27. The minimum Gasteiger partial charge on any atom is -0.412 e. The molecule has 0 aliphatic carbocycles. The molecule has 1 aliphatic rings. The summed E-state index contributed by atoms with van der Waals surface area (Å²) in [5, 5.41) is 10.2. The van der Waals surface area contributed by atoms with Gasteiger partial charge in [-0.05, 0) is 54.8 Å². The van der Waals surface area contributed by atoms with Crippen molar-refractivity contribution in [2.45, 2.75) is 24.3 Å². The summed E-state index contributed by atoms with van der Waals surface area (Å²) in [6.45, 7) is 1.24. The van der Waals surface area contributed by atoms with Gasteiger partial charge in [-0.1, -0.05) is 12.1 Å². The van der Waals surface area contributed by atoms with Crippen molar-refractivity contribution in [2.75, 3.05) is 13.1 Å². The standard InChI is InChI=1S/C20H19FN4O4S/c21-16-7-3-14(4-8-16)13-22-18(26)20-24-23-19(29-20)15-5-9-17(10-6-15)30(27,28)25-11-1-2-12-25/h3-10H,1-2,11-13H2,(H,22,26). The lowest BCUT2D eigenvalue weighted by Crippen LogP contribution is -2.27. The first-order valence-corrected chi connectivity index (χ1v) is 10.8. The summed E-state index contributed by atoms with van der Waals surface area (Å²) >= 11 is 0. The monoisotopic (exact) mass is 430 g/mol. The van der Waals surface area contributed by atoms with Crippen molar-refractivity contribution < 1.29 is 22.0 Å². The van der Waals surface area contributed by atoms with Crippen LogP contribution < -0.4 is 5.32 Å². The third-order valence-electron chi connectivity index (χ3n) is 4.79. The van der Waals surface area contributed by atoms with E-state index in [1.165, 1.54) is 28.6 Å². The maximum Gasteiger partial charge on any atom is 0.309 e. The van der Waals surface area contributed by atoms with Gasteiger partial charge in [0.05, 0.1) is 4.90 Å². The molecule has 4 rings (SSSR count). The topological polar surface area (TPSA) is 105 Å². The zero-order chi connectivity index (χ0) is 21.1. The number of nitrogens with zero attached hydrogens (tertiary/aromatic N) is 3. The average Bonchev–Trinajstić information content (AvgIpc) is 3.46. The molecular weight excluding hydrogens is 411 g/mol. The predicted octanol–water partition coefficient (Wildman–Crippen LogP) is 2.59. The van der Waals surface area contributed by atoms with Crippen molar-refractivity contribution in [1.82, 2.24) is 19.8 Å². The molecule has 30 heavy (non-hydrogen) atoms. The molecule has 156 valence electrons. The van der Waals surface area contributed by atoms with Crippen LogP contribution in [-0.4, -0.2) is 41.9 Å². The zero-order valence-electron chi connectivity index (χ0n) is 15.9. The molecule has 1 aliphatic heterocycles. The third kappa shape index (κ3) is 4.24. The number of hydrogen-bond donors (Lipinski definition) is 1. The molecule has 10 heteroatoms. The molecule has 0 unspecified atom stereocenters. The van der Waals surface area contributed by atoms with Crippen LogP contribution in [0.4, 0.5) is 4.39 Å². The zero-order valence-corrected chi connectivity index (χ0v) is 16.7. The van der Waals surface area contributed by atoms with Crippen LogP contribution in [0.15, 0.2) is 57.8 Å². The number of halogens is 1. The number of carbonyl (C=O) groups is 1. The van der Waals surface area contributed by atoms with Crippen LogP contribution in [0.25, 0.3) is 11.5 Å². The molecule has 2 heterocycles. The lowest BCUT2D eigenvalue weighted by molar-refractivity contribution is 0.0917. The maximum absolute atomic E-state index is 12.9. The van der Waals surface area contributed by atoms with Gasteiger partial charge in [0.25, 0.3) is 0 Å². The highest BCUT2D eigenvalue weighted by Crippen LogP contribution is 2.24. The van der Waals surface area contributed by atoms with E-state index in [9.17, 15) is 17.6 Å². The van der Waals surface area contributed by atoms with Gasteiger partial charge >= 0.3 is 11.8 Å². The Hall–Kier alpha value is -3.11. The second-order valence-corrected chi connectivity index (χ2v) is 8.80. The summed E-state index contributed by atoms with van der Waals surface area (Å²) in [7, 11) is -3.50. The van der Waals surface area contributed by atoms with Crippen LogP contribution in [0.2, 0.25) is 0 Å². The van der Waals surface area contributed by atoms with Crippen molar-refractivity contribution in [2.24, 2.45) is 0 Å². The second-order valence-electron chi connectivity index (χ2n) is 6.86. The Morgan fingerprint density at radius 3 is 2.37 bits per heavy atom. The molecule has 1 fully saturated rings. The predicted molar refractivity (Wildman–Crippen MR) is 105 cm³/mol. The van der Waals surface area contributed by atoms with E-state index in [4.69, 9.17) is 4.42 Å². The number of nitrogens with one attached hydrogen (secondary N) is 1. The van der Waals surface area contributed by atoms with Crippen LogP contribution >= 0.6 is 0 Å². The van der Waals surface area contributed by atoms with Crippen molar-refractivity contribution >= 4 is 15.9 Å². The number of aromatic nitrogens is 2. The van der Waals surface area contributed by atoms with E-state index in [1.54, 1.807) is 24.3 Å². The van der Waals surface area contributed by atoms with E-state index < -0.39 is 15.9 Å². The van der Waals surface area contributed by atoms with Gasteiger partial charge in [-0.15, -0.1) is 10.2 Å². The molecule has 0 saturated carbocycles. The summed E-state index contributed by atoms with van der Waals surface area (Å²) in [5.41, 5.74) is 1.22. The van der Waals surface area contributed by atoms with Gasteiger partial charge in [0.2, 0.25) is 15.9 Å². The Bertz CT molecular complexity index is 1140. The molecule has 3 aromatic rings.